The molecule has 0 radical (unpaired) electrons. The van der Waals surface area contributed by atoms with Crippen LogP contribution >= 0.6 is 11.3 Å². The van der Waals surface area contributed by atoms with Gasteiger partial charge in [0.05, 0.1) is 5.56 Å². The Morgan fingerprint density at radius 2 is 1.89 bits per heavy atom. The number of thiophene rings is 1. The first-order valence-corrected chi connectivity index (χ1v) is 10.9. The van der Waals surface area contributed by atoms with Crippen molar-refractivity contribution in [3.63, 3.8) is 0 Å². The van der Waals surface area contributed by atoms with Gasteiger partial charge in [-0.15, -0.1) is 11.3 Å². The second kappa shape index (κ2) is 8.35. The van der Waals surface area contributed by atoms with Crippen LogP contribution in [0, 0.1) is 0 Å². The fourth-order valence-corrected chi connectivity index (χ4v) is 5.38. The number of phenols is 2. The third kappa shape index (κ3) is 4.07. The number of amides is 1. The van der Waals surface area contributed by atoms with Crippen molar-refractivity contribution >= 4 is 28.5 Å². The summed E-state index contributed by atoms with van der Waals surface area (Å²) in [5.41, 5.74) is 2.40. The van der Waals surface area contributed by atoms with Gasteiger partial charge in [0.15, 0.2) is 0 Å². The molecule has 3 N–H and O–H groups in total. The van der Waals surface area contributed by atoms with E-state index in [0.717, 1.165) is 49.7 Å². The van der Waals surface area contributed by atoms with Gasteiger partial charge >= 0.3 is 0 Å². The Hall–Kier alpha value is -2.34. The van der Waals surface area contributed by atoms with E-state index in [4.69, 9.17) is 0 Å². The van der Waals surface area contributed by atoms with Gasteiger partial charge in [0.2, 0.25) is 0 Å². The fourth-order valence-electron chi connectivity index (χ4n) is 4.15. The second-order valence-corrected chi connectivity index (χ2v) is 8.78. The van der Waals surface area contributed by atoms with Crippen molar-refractivity contribution in [3.8, 4) is 11.5 Å². The molecule has 1 aromatic carbocycles. The highest BCUT2D eigenvalue weighted by Crippen LogP contribution is 2.40. The van der Waals surface area contributed by atoms with Gasteiger partial charge in [-0.2, -0.15) is 0 Å². The van der Waals surface area contributed by atoms with Crippen LogP contribution in [0.3, 0.4) is 0 Å². The number of carbonyl (C=O) groups excluding carboxylic acids is 1. The van der Waals surface area contributed by atoms with Crippen molar-refractivity contribution in [1.29, 1.82) is 0 Å². The Morgan fingerprint density at radius 3 is 2.68 bits per heavy atom. The van der Waals surface area contributed by atoms with Crippen LogP contribution in [0.15, 0.2) is 23.2 Å². The Morgan fingerprint density at radius 1 is 1.11 bits per heavy atom. The molecule has 4 rings (SSSR count). The molecule has 2 aliphatic carbocycles. The van der Waals surface area contributed by atoms with Crippen molar-refractivity contribution < 1.29 is 15.0 Å². The number of carbonyl (C=O) groups is 1. The third-order valence-corrected chi connectivity index (χ3v) is 6.85. The van der Waals surface area contributed by atoms with E-state index in [0.29, 0.717) is 10.6 Å². The zero-order chi connectivity index (χ0) is 19.5. The number of aryl methyl sites for hydroxylation is 1. The summed E-state index contributed by atoms with van der Waals surface area (Å²) >= 11 is 1.59. The van der Waals surface area contributed by atoms with E-state index in [1.54, 1.807) is 23.6 Å². The van der Waals surface area contributed by atoms with Crippen LogP contribution in [0.2, 0.25) is 0 Å². The molecule has 1 fully saturated rings. The van der Waals surface area contributed by atoms with Crippen molar-refractivity contribution in [1.82, 2.24) is 5.32 Å². The highest BCUT2D eigenvalue weighted by Gasteiger charge is 2.27. The zero-order valence-electron chi connectivity index (χ0n) is 15.9. The molecule has 2 aromatic rings. The van der Waals surface area contributed by atoms with Crippen molar-refractivity contribution in [2.24, 2.45) is 4.99 Å². The quantitative estimate of drug-likeness (QED) is 0.644. The minimum absolute atomic E-state index is 0.00613. The summed E-state index contributed by atoms with van der Waals surface area (Å²) in [7, 11) is 0. The molecule has 28 heavy (non-hydrogen) atoms. The van der Waals surface area contributed by atoms with E-state index in [1.165, 1.54) is 36.3 Å². The number of hydrogen-bond acceptors (Lipinski definition) is 5. The molecular weight excluding hydrogens is 372 g/mol. The molecule has 5 nitrogen and oxygen atoms in total. The molecule has 2 aliphatic rings. The predicted molar refractivity (Wildman–Crippen MR) is 112 cm³/mol. The van der Waals surface area contributed by atoms with Gasteiger partial charge in [-0.3, -0.25) is 4.79 Å². The molecule has 0 bridgehead atoms. The van der Waals surface area contributed by atoms with Crippen LogP contribution in [0.25, 0.3) is 0 Å². The fraction of sp³-hybridized carbons (Fsp3) is 0.455. The number of phenolic OH excluding ortho intramolecular Hbond substituents is 2. The van der Waals surface area contributed by atoms with Crippen molar-refractivity contribution in [2.75, 3.05) is 0 Å². The molecule has 1 aromatic heterocycles. The lowest BCUT2D eigenvalue weighted by molar-refractivity contribution is 0.0927. The lowest BCUT2D eigenvalue weighted by Gasteiger charge is -2.23. The number of fused-ring (bicyclic) bond motifs is 1. The number of nitrogens with one attached hydrogen (secondary N) is 1. The van der Waals surface area contributed by atoms with E-state index in [1.807, 2.05) is 0 Å². The number of hydrogen-bond donors (Lipinski definition) is 3. The number of nitrogens with zero attached hydrogens (tertiary/aromatic N) is 1. The maximum atomic E-state index is 13.1. The van der Waals surface area contributed by atoms with E-state index in [2.05, 4.69) is 10.3 Å². The van der Waals surface area contributed by atoms with Crippen molar-refractivity contribution in [2.45, 2.75) is 63.8 Å². The molecule has 0 saturated heterocycles. The van der Waals surface area contributed by atoms with Gasteiger partial charge in [0.25, 0.3) is 5.91 Å². The molecule has 0 unspecified atom stereocenters. The standard InChI is InChI=1S/C22H26N2O3S/c25-16-11-10-14(18(26)12-16)13-23-22-20(17-8-4-5-9-19(17)28-22)21(27)24-15-6-2-1-3-7-15/h10-13,15,25-26H,1-9H2,(H,24,27)/b23-13+. The number of aromatic hydroxyl groups is 2. The summed E-state index contributed by atoms with van der Waals surface area (Å²) in [6, 6.07) is 4.68. The maximum absolute atomic E-state index is 13.1. The average Bonchev–Trinajstić information content (AvgIpc) is 3.06. The van der Waals surface area contributed by atoms with E-state index in [-0.39, 0.29) is 23.4 Å². The topological polar surface area (TPSA) is 81.9 Å². The maximum Gasteiger partial charge on any atom is 0.254 e. The average molecular weight is 399 g/mol. The van der Waals surface area contributed by atoms with Gasteiger partial charge in [0.1, 0.15) is 16.5 Å². The number of rotatable bonds is 4. The lowest BCUT2D eigenvalue weighted by Crippen LogP contribution is -2.36. The monoisotopic (exact) mass is 398 g/mol. The molecule has 0 spiro atoms. The van der Waals surface area contributed by atoms with Crippen LogP contribution in [0.5, 0.6) is 11.5 Å². The molecular formula is C22H26N2O3S. The zero-order valence-corrected chi connectivity index (χ0v) is 16.7. The third-order valence-electron chi connectivity index (χ3n) is 5.66. The van der Waals surface area contributed by atoms with Crippen LogP contribution in [-0.4, -0.2) is 28.4 Å². The lowest BCUT2D eigenvalue weighted by atomic mass is 9.93. The molecule has 1 amide bonds. The second-order valence-electron chi connectivity index (χ2n) is 7.70. The van der Waals surface area contributed by atoms with Crippen LogP contribution in [0.4, 0.5) is 5.00 Å². The first-order valence-electron chi connectivity index (χ1n) is 10.1. The summed E-state index contributed by atoms with van der Waals surface area (Å²) < 4.78 is 0. The summed E-state index contributed by atoms with van der Waals surface area (Å²) in [4.78, 5) is 19.0. The largest absolute Gasteiger partial charge is 0.508 e. The van der Waals surface area contributed by atoms with Gasteiger partial charge in [-0.25, -0.2) is 4.99 Å². The Labute approximate surface area is 169 Å². The van der Waals surface area contributed by atoms with Gasteiger partial charge in [-0.1, -0.05) is 19.3 Å². The SMILES string of the molecule is O=C(NC1CCCCC1)c1c(/N=C/c2ccc(O)cc2O)sc2c1CCCC2. The highest BCUT2D eigenvalue weighted by atomic mass is 32.1. The normalized spacial score (nSPS) is 17.6. The van der Waals surface area contributed by atoms with Gasteiger partial charge in [-0.05, 0) is 56.2 Å². The Bertz CT molecular complexity index is 897. The van der Waals surface area contributed by atoms with Gasteiger partial charge in [0, 0.05) is 28.8 Å². The molecule has 0 aliphatic heterocycles. The molecule has 6 heteroatoms. The Kier molecular flexibility index (Phi) is 5.67. The molecule has 1 heterocycles. The number of benzene rings is 1. The minimum atomic E-state index is -0.0294. The summed E-state index contributed by atoms with van der Waals surface area (Å²) in [6.07, 6.45) is 11.5. The van der Waals surface area contributed by atoms with Crippen LogP contribution in [0.1, 0.15) is 71.3 Å². The first-order chi connectivity index (χ1) is 13.6. The Balaban J connectivity index is 1.63. The van der Waals surface area contributed by atoms with Crippen LogP contribution < -0.4 is 5.32 Å². The van der Waals surface area contributed by atoms with E-state index in [9.17, 15) is 15.0 Å². The summed E-state index contributed by atoms with van der Waals surface area (Å²) in [5.74, 6) is -0.0274. The van der Waals surface area contributed by atoms with Crippen LogP contribution in [-0.2, 0) is 12.8 Å². The molecule has 148 valence electrons. The van der Waals surface area contributed by atoms with Crippen molar-refractivity contribution in [3.05, 3.63) is 39.8 Å². The minimum Gasteiger partial charge on any atom is -0.508 e. The first kappa shape index (κ1) is 19.0. The van der Waals surface area contributed by atoms with E-state index >= 15 is 0 Å². The van der Waals surface area contributed by atoms with E-state index < -0.39 is 0 Å². The predicted octanol–water partition coefficient (Wildman–Crippen LogP) is 4.85. The smallest absolute Gasteiger partial charge is 0.254 e. The number of aliphatic imine (C=N–C) groups is 1. The summed E-state index contributed by atoms with van der Waals surface area (Å²) in [5, 5.41) is 23.4. The highest BCUT2D eigenvalue weighted by molar-refractivity contribution is 7.16. The molecule has 1 saturated carbocycles. The summed E-state index contributed by atoms with van der Waals surface area (Å²) in [6.45, 7) is 0. The molecule has 0 atom stereocenters. The van der Waals surface area contributed by atoms with Gasteiger partial charge < -0.3 is 15.5 Å².